The Labute approximate surface area is 101 Å². The molecule has 0 spiro atoms. The van der Waals surface area contributed by atoms with Crippen molar-refractivity contribution >= 4 is 26.1 Å². The maximum Gasteiger partial charge on any atom is 0.194 e. The fourth-order valence-corrected chi connectivity index (χ4v) is 2.38. The Kier molecular flexibility index (Phi) is 2.20. The molecule has 0 aliphatic heterocycles. The molecule has 1 atom stereocenters. The molecule has 17 heavy (non-hydrogen) atoms. The molecule has 3 heteroatoms. The van der Waals surface area contributed by atoms with Crippen molar-refractivity contribution in [2.45, 2.75) is 0 Å². The van der Waals surface area contributed by atoms with Crippen LogP contribution in [0.2, 0.25) is 0 Å². The maximum absolute atomic E-state index is 12.2. The standard InChI is InChI=1S/C14H9O2P/c15-13-9-3-1-2-4-10(9)14(16)12-7-8(17)5-6-11(12)13/h1-7H,17H2. The molecule has 2 aromatic rings. The number of fused-ring (bicyclic) bond motifs is 2. The van der Waals surface area contributed by atoms with Crippen molar-refractivity contribution in [3.63, 3.8) is 0 Å². The third-order valence-electron chi connectivity index (χ3n) is 2.95. The number of benzene rings is 2. The molecular weight excluding hydrogens is 231 g/mol. The van der Waals surface area contributed by atoms with E-state index < -0.39 is 0 Å². The summed E-state index contributed by atoms with van der Waals surface area (Å²) in [5.74, 6) is -0.139. The molecule has 1 aliphatic carbocycles. The molecule has 0 N–H and O–H groups in total. The average molecular weight is 240 g/mol. The summed E-state index contributed by atoms with van der Waals surface area (Å²) in [6.07, 6.45) is 0. The summed E-state index contributed by atoms with van der Waals surface area (Å²) >= 11 is 0. The normalized spacial score (nSPS) is 13.2. The number of hydrogen-bond acceptors (Lipinski definition) is 2. The van der Waals surface area contributed by atoms with E-state index in [1.807, 2.05) is 6.07 Å². The number of carbonyl (C=O) groups is 2. The Morgan fingerprint density at radius 3 is 1.88 bits per heavy atom. The lowest BCUT2D eigenvalue weighted by atomic mass is 9.84. The Hall–Kier alpha value is -1.79. The number of rotatable bonds is 0. The topological polar surface area (TPSA) is 34.1 Å². The van der Waals surface area contributed by atoms with Crippen molar-refractivity contribution in [3.05, 3.63) is 64.7 Å². The van der Waals surface area contributed by atoms with Crippen LogP contribution in [0.15, 0.2) is 42.5 Å². The molecular formula is C14H9O2P. The summed E-state index contributed by atoms with van der Waals surface area (Å²) in [4.78, 5) is 24.5. The molecule has 1 unspecified atom stereocenters. The molecule has 0 bridgehead atoms. The summed E-state index contributed by atoms with van der Waals surface area (Å²) in [5.41, 5.74) is 2.00. The van der Waals surface area contributed by atoms with Crippen LogP contribution in [0.5, 0.6) is 0 Å². The van der Waals surface area contributed by atoms with E-state index in [4.69, 9.17) is 0 Å². The van der Waals surface area contributed by atoms with Gasteiger partial charge in [-0.15, -0.1) is 9.24 Å². The highest BCUT2D eigenvalue weighted by molar-refractivity contribution is 7.27. The predicted octanol–water partition coefficient (Wildman–Crippen LogP) is 1.96. The molecule has 0 fully saturated rings. The molecule has 0 radical (unpaired) electrons. The maximum atomic E-state index is 12.2. The molecule has 0 saturated heterocycles. The SMILES string of the molecule is O=C1c2ccccc2C(=O)c2cc(P)ccc21. The van der Waals surface area contributed by atoms with Gasteiger partial charge < -0.3 is 0 Å². The van der Waals surface area contributed by atoms with Crippen molar-refractivity contribution in [1.82, 2.24) is 0 Å². The van der Waals surface area contributed by atoms with Crippen LogP contribution in [-0.4, -0.2) is 11.6 Å². The number of ketones is 2. The summed E-state index contributed by atoms with van der Waals surface area (Å²) in [5, 5.41) is 0.907. The number of carbonyl (C=O) groups excluding carboxylic acids is 2. The summed E-state index contributed by atoms with van der Waals surface area (Å²) in [7, 11) is 2.54. The lowest BCUT2D eigenvalue weighted by molar-refractivity contribution is 0.0979. The molecule has 2 nitrogen and oxygen atoms in total. The van der Waals surface area contributed by atoms with Gasteiger partial charge in [-0.05, 0) is 17.4 Å². The zero-order valence-corrected chi connectivity index (χ0v) is 10.1. The van der Waals surface area contributed by atoms with Gasteiger partial charge in [-0.1, -0.05) is 30.3 Å². The van der Waals surface area contributed by atoms with E-state index in [1.54, 1.807) is 36.4 Å². The van der Waals surface area contributed by atoms with Crippen molar-refractivity contribution in [1.29, 1.82) is 0 Å². The van der Waals surface area contributed by atoms with Crippen LogP contribution in [0.4, 0.5) is 0 Å². The fourth-order valence-electron chi connectivity index (χ4n) is 2.12. The van der Waals surface area contributed by atoms with Gasteiger partial charge in [-0.25, -0.2) is 0 Å². The highest BCUT2D eigenvalue weighted by Crippen LogP contribution is 2.26. The lowest BCUT2D eigenvalue weighted by Gasteiger charge is -2.17. The molecule has 0 heterocycles. The van der Waals surface area contributed by atoms with E-state index in [0.717, 1.165) is 5.30 Å². The van der Waals surface area contributed by atoms with E-state index in [2.05, 4.69) is 9.24 Å². The highest BCUT2D eigenvalue weighted by Gasteiger charge is 2.28. The highest BCUT2D eigenvalue weighted by atomic mass is 31.0. The van der Waals surface area contributed by atoms with Gasteiger partial charge >= 0.3 is 0 Å². The van der Waals surface area contributed by atoms with E-state index in [-0.39, 0.29) is 11.6 Å². The quantitative estimate of drug-likeness (QED) is 0.563. The molecule has 0 aromatic heterocycles. The zero-order chi connectivity index (χ0) is 12.0. The Bertz CT molecular complexity index is 659. The van der Waals surface area contributed by atoms with E-state index in [1.165, 1.54) is 0 Å². The smallest absolute Gasteiger partial charge is 0.194 e. The summed E-state index contributed by atoms with van der Waals surface area (Å²) in [6, 6.07) is 12.2. The third-order valence-corrected chi connectivity index (χ3v) is 3.31. The molecule has 0 saturated carbocycles. The zero-order valence-electron chi connectivity index (χ0n) is 8.94. The Morgan fingerprint density at radius 2 is 1.24 bits per heavy atom. The molecule has 3 rings (SSSR count). The first kappa shape index (κ1) is 10.4. The van der Waals surface area contributed by atoms with Gasteiger partial charge in [0.15, 0.2) is 11.6 Å². The largest absolute Gasteiger partial charge is 0.289 e. The fraction of sp³-hybridized carbons (Fsp3) is 0. The minimum atomic E-state index is -0.0699. The van der Waals surface area contributed by atoms with Gasteiger partial charge in [0.2, 0.25) is 0 Å². The van der Waals surface area contributed by atoms with Gasteiger partial charge in [-0.2, -0.15) is 0 Å². The van der Waals surface area contributed by atoms with Crippen molar-refractivity contribution in [2.24, 2.45) is 0 Å². The second-order valence-corrected chi connectivity index (χ2v) is 4.68. The first-order valence-corrected chi connectivity index (χ1v) is 5.84. The van der Waals surface area contributed by atoms with Crippen LogP contribution >= 0.6 is 9.24 Å². The second kappa shape index (κ2) is 3.61. The first-order valence-electron chi connectivity index (χ1n) is 5.26. The van der Waals surface area contributed by atoms with Gasteiger partial charge in [0.25, 0.3) is 0 Å². The summed E-state index contributed by atoms with van der Waals surface area (Å²) < 4.78 is 0. The van der Waals surface area contributed by atoms with Gasteiger partial charge in [0.05, 0.1) is 0 Å². The van der Waals surface area contributed by atoms with Crippen LogP contribution in [0, 0.1) is 0 Å². The van der Waals surface area contributed by atoms with Crippen LogP contribution in [0.3, 0.4) is 0 Å². The predicted molar refractivity (Wildman–Crippen MR) is 69.1 cm³/mol. The van der Waals surface area contributed by atoms with Crippen molar-refractivity contribution in [3.8, 4) is 0 Å². The van der Waals surface area contributed by atoms with E-state index in [0.29, 0.717) is 22.3 Å². The van der Waals surface area contributed by atoms with Gasteiger partial charge in [-0.3, -0.25) is 9.59 Å². The molecule has 2 aromatic carbocycles. The Balaban J connectivity index is 2.33. The third kappa shape index (κ3) is 1.45. The van der Waals surface area contributed by atoms with Gasteiger partial charge in [0.1, 0.15) is 0 Å². The van der Waals surface area contributed by atoms with Crippen LogP contribution < -0.4 is 5.30 Å². The molecule has 0 amide bonds. The van der Waals surface area contributed by atoms with Crippen molar-refractivity contribution < 1.29 is 9.59 Å². The monoisotopic (exact) mass is 240 g/mol. The minimum Gasteiger partial charge on any atom is -0.289 e. The molecule has 1 aliphatic rings. The van der Waals surface area contributed by atoms with Crippen LogP contribution in [-0.2, 0) is 0 Å². The van der Waals surface area contributed by atoms with Crippen LogP contribution in [0.25, 0.3) is 0 Å². The van der Waals surface area contributed by atoms with E-state index in [9.17, 15) is 9.59 Å². The second-order valence-electron chi connectivity index (χ2n) is 4.01. The lowest BCUT2D eigenvalue weighted by Crippen LogP contribution is -2.21. The first-order chi connectivity index (χ1) is 8.18. The average Bonchev–Trinajstić information content (AvgIpc) is 2.36. The van der Waals surface area contributed by atoms with Gasteiger partial charge in [0, 0.05) is 22.3 Å². The number of hydrogen-bond donors (Lipinski definition) is 0. The summed E-state index contributed by atoms with van der Waals surface area (Å²) in [6.45, 7) is 0. The minimum absolute atomic E-state index is 0.0693. The van der Waals surface area contributed by atoms with Crippen molar-refractivity contribution in [2.75, 3.05) is 0 Å². The molecule has 82 valence electrons. The Morgan fingerprint density at radius 1 is 0.706 bits per heavy atom. The van der Waals surface area contributed by atoms with E-state index >= 15 is 0 Å². The van der Waals surface area contributed by atoms with Crippen LogP contribution in [0.1, 0.15) is 31.8 Å².